The Morgan fingerprint density at radius 3 is 2.53 bits per heavy atom. The summed E-state index contributed by atoms with van der Waals surface area (Å²) in [6.07, 6.45) is 3.09. The summed E-state index contributed by atoms with van der Waals surface area (Å²) in [5.74, 6) is 0.279. The van der Waals surface area contributed by atoms with Crippen LogP contribution in [0.2, 0.25) is 0 Å². The first kappa shape index (κ1) is 10.2. The Balaban J connectivity index is 2.69. The summed E-state index contributed by atoms with van der Waals surface area (Å²) in [5, 5.41) is 13.1. The average molecular weight is 225 g/mol. The molecule has 15 heavy (non-hydrogen) atoms. The van der Waals surface area contributed by atoms with Gasteiger partial charge in [0, 0.05) is 19.2 Å². The minimum atomic E-state index is -3.38. The molecule has 0 unspecified atom stereocenters. The normalized spacial score (nSPS) is 16.3. The molecule has 2 rings (SSSR count). The van der Waals surface area contributed by atoms with Gasteiger partial charge in [0.25, 0.3) is 0 Å². The van der Waals surface area contributed by atoms with Gasteiger partial charge >= 0.3 is 0 Å². The van der Waals surface area contributed by atoms with E-state index in [2.05, 4.69) is 5.10 Å². The molecule has 0 radical (unpaired) electrons. The van der Waals surface area contributed by atoms with E-state index in [0.717, 1.165) is 19.1 Å². The highest BCUT2D eigenvalue weighted by atomic mass is 32.2. The molecule has 0 aliphatic heterocycles. The molecule has 0 bridgehead atoms. The summed E-state index contributed by atoms with van der Waals surface area (Å²) in [6, 6.07) is 1.95. The van der Waals surface area contributed by atoms with Crippen molar-refractivity contribution in [3.8, 4) is 6.07 Å². The van der Waals surface area contributed by atoms with Gasteiger partial charge in [-0.2, -0.15) is 10.4 Å². The second-order valence-electron chi connectivity index (χ2n) is 3.85. The molecular formula is C9H11N3O2S. The molecule has 0 saturated heterocycles. The lowest BCUT2D eigenvalue weighted by Gasteiger charge is -1.97. The molecule has 5 nitrogen and oxygen atoms in total. The Hall–Kier alpha value is -1.35. The molecule has 6 heteroatoms. The highest BCUT2D eigenvalue weighted by Gasteiger charge is 2.33. The molecule has 1 heterocycles. The Labute approximate surface area is 88.2 Å². The molecule has 0 amide bonds. The standard InChI is InChI=1S/C9H11N3O2S/c1-12-9(15(2,13)14)7(5-10)8(11-12)6-3-4-6/h6H,3-4H2,1-2H3. The first-order valence-corrected chi connectivity index (χ1v) is 6.51. The van der Waals surface area contributed by atoms with Gasteiger partial charge in [0.2, 0.25) is 0 Å². The van der Waals surface area contributed by atoms with Crippen LogP contribution in [-0.4, -0.2) is 24.5 Å². The molecule has 1 saturated carbocycles. The van der Waals surface area contributed by atoms with Crippen molar-refractivity contribution >= 4 is 9.84 Å². The van der Waals surface area contributed by atoms with E-state index in [4.69, 9.17) is 5.26 Å². The molecule has 0 spiro atoms. The van der Waals surface area contributed by atoms with Gasteiger partial charge in [0.05, 0.1) is 5.69 Å². The Morgan fingerprint density at radius 1 is 1.53 bits per heavy atom. The van der Waals surface area contributed by atoms with Crippen molar-refractivity contribution in [3.05, 3.63) is 11.3 Å². The number of hydrogen-bond donors (Lipinski definition) is 0. The van der Waals surface area contributed by atoms with Gasteiger partial charge in [-0.25, -0.2) is 8.42 Å². The van der Waals surface area contributed by atoms with E-state index in [1.54, 1.807) is 7.05 Å². The summed E-state index contributed by atoms with van der Waals surface area (Å²) < 4.78 is 24.2. The molecule has 0 atom stereocenters. The maximum atomic E-state index is 11.5. The van der Waals surface area contributed by atoms with E-state index in [1.807, 2.05) is 6.07 Å². The Bertz CT molecular complexity index is 547. The fraction of sp³-hybridized carbons (Fsp3) is 0.556. The summed E-state index contributed by atoms with van der Waals surface area (Å²) in [5.41, 5.74) is 0.864. The molecule has 0 N–H and O–H groups in total. The van der Waals surface area contributed by atoms with E-state index >= 15 is 0 Å². The molecule has 1 aromatic heterocycles. The monoisotopic (exact) mass is 225 g/mol. The maximum absolute atomic E-state index is 11.5. The number of nitriles is 1. The lowest BCUT2D eigenvalue weighted by atomic mass is 10.2. The van der Waals surface area contributed by atoms with Crippen LogP contribution >= 0.6 is 0 Å². The first-order chi connectivity index (χ1) is 6.95. The predicted octanol–water partition coefficient (Wildman–Crippen LogP) is 0.573. The fourth-order valence-electron chi connectivity index (χ4n) is 1.70. The van der Waals surface area contributed by atoms with Crippen LogP contribution in [0.3, 0.4) is 0 Å². The van der Waals surface area contributed by atoms with Crippen LogP contribution in [0.4, 0.5) is 0 Å². The Kier molecular flexibility index (Phi) is 2.08. The van der Waals surface area contributed by atoms with Crippen LogP contribution in [0.5, 0.6) is 0 Å². The van der Waals surface area contributed by atoms with Crippen molar-refractivity contribution in [2.45, 2.75) is 23.8 Å². The number of aromatic nitrogens is 2. The van der Waals surface area contributed by atoms with Crippen LogP contribution in [0.25, 0.3) is 0 Å². The SMILES string of the molecule is Cn1nc(C2CC2)c(C#N)c1S(C)(=O)=O. The number of aryl methyl sites for hydroxylation is 1. The molecule has 1 aromatic rings. The largest absolute Gasteiger partial charge is 0.256 e. The fourth-order valence-corrected chi connectivity index (χ4v) is 2.74. The van der Waals surface area contributed by atoms with Gasteiger partial charge in [-0.1, -0.05) is 0 Å². The summed E-state index contributed by atoms with van der Waals surface area (Å²) in [4.78, 5) is 0. The van der Waals surface area contributed by atoms with Crippen molar-refractivity contribution in [3.63, 3.8) is 0 Å². The second-order valence-corrected chi connectivity index (χ2v) is 5.78. The highest BCUT2D eigenvalue weighted by Crippen LogP contribution is 2.41. The minimum absolute atomic E-state index is 0.0342. The second kappa shape index (κ2) is 3.07. The number of hydrogen-bond acceptors (Lipinski definition) is 4. The van der Waals surface area contributed by atoms with Gasteiger partial charge in [-0.3, -0.25) is 4.68 Å². The predicted molar refractivity (Wildman–Crippen MR) is 53.0 cm³/mol. The summed E-state index contributed by atoms with van der Waals surface area (Å²) in [6.45, 7) is 0. The van der Waals surface area contributed by atoms with Crippen LogP contribution in [0, 0.1) is 11.3 Å². The number of sulfone groups is 1. The summed E-state index contributed by atoms with van der Waals surface area (Å²) in [7, 11) is -1.82. The van der Waals surface area contributed by atoms with Crippen molar-refractivity contribution < 1.29 is 8.42 Å². The van der Waals surface area contributed by atoms with Gasteiger partial charge < -0.3 is 0 Å². The van der Waals surface area contributed by atoms with Crippen molar-refractivity contribution in [2.24, 2.45) is 7.05 Å². The number of nitrogens with zero attached hydrogens (tertiary/aromatic N) is 3. The van der Waals surface area contributed by atoms with Crippen LogP contribution in [0.1, 0.15) is 30.0 Å². The van der Waals surface area contributed by atoms with Crippen LogP contribution < -0.4 is 0 Å². The molecule has 1 aliphatic carbocycles. The van der Waals surface area contributed by atoms with Gasteiger partial charge in [0.15, 0.2) is 14.9 Å². The zero-order valence-corrected chi connectivity index (χ0v) is 9.37. The van der Waals surface area contributed by atoms with Crippen molar-refractivity contribution in [1.29, 1.82) is 5.26 Å². The lowest BCUT2D eigenvalue weighted by Crippen LogP contribution is -2.06. The zero-order chi connectivity index (χ0) is 11.2. The van der Waals surface area contributed by atoms with Gasteiger partial charge in [0.1, 0.15) is 11.6 Å². The lowest BCUT2D eigenvalue weighted by molar-refractivity contribution is 0.581. The molecular weight excluding hydrogens is 214 g/mol. The summed E-state index contributed by atoms with van der Waals surface area (Å²) >= 11 is 0. The van der Waals surface area contributed by atoms with Crippen molar-refractivity contribution in [2.75, 3.05) is 6.26 Å². The minimum Gasteiger partial charge on any atom is -0.256 e. The average Bonchev–Trinajstić information content (AvgIpc) is 2.87. The molecule has 1 aliphatic rings. The van der Waals surface area contributed by atoms with E-state index in [0.29, 0.717) is 5.69 Å². The van der Waals surface area contributed by atoms with Gasteiger partial charge in [-0.05, 0) is 12.8 Å². The Morgan fingerprint density at radius 2 is 2.13 bits per heavy atom. The smallest absolute Gasteiger partial charge is 0.193 e. The maximum Gasteiger partial charge on any atom is 0.193 e. The van der Waals surface area contributed by atoms with E-state index < -0.39 is 9.84 Å². The molecule has 1 fully saturated rings. The molecule has 80 valence electrons. The van der Waals surface area contributed by atoms with E-state index in [9.17, 15) is 8.42 Å². The quantitative estimate of drug-likeness (QED) is 0.737. The van der Waals surface area contributed by atoms with Crippen LogP contribution in [-0.2, 0) is 16.9 Å². The first-order valence-electron chi connectivity index (χ1n) is 4.62. The van der Waals surface area contributed by atoms with Gasteiger partial charge in [-0.15, -0.1) is 0 Å². The third-order valence-corrected chi connectivity index (χ3v) is 3.62. The third-order valence-electron chi connectivity index (χ3n) is 2.45. The highest BCUT2D eigenvalue weighted by molar-refractivity contribution is 7.90. The molecule has 0 aromatic carbocycles. The zero-order valence-electron chi connectivity index (χ0n) is 8.56. The van der Waals surface area contributed by atoms with Crippen LogP contribution in [0.15, 0.2) is 5.03 Å². The van der Waals surface area contributed by atoms with E-state index in [-0.39, 0.29) is 16.5 Å². The number of rotatable bonds is 2. The van der Waals surface area contributed by atoms with Crippen molar-refractivity contribution in [1.82, 2.24) is 9.78 Å². The van der Waals surface area contributed by atoms with E-state index in [1.165, 1.54) is 4.68 Å². The topological polar surface area (TPSA) is 75.8 Å². The third kappa shape index (κ3) is 1.63.